The molecule has 0 aliphatic heterocycles. The summed E-state index contributed by atoms with van der Waals surface area (Å²) >= 11 is 3.32. The zero-order chi connectivity index (χ0) is 11.1. The van der Waals surface area contributed by atoms with Crippen LogP contribution in [0.15, 0.2) is 24.3 Å². The zero-order valence-corrected chi connectivity index (χ0v) is 9.96. The lowest BCUT2D eigenvalue weighted by molar-refractivity contribution is 0.0950. The number of hydrogen-bond donors (Lipinski definition) is 2. The van der Waals surface area contributed by atoms with Crippen molar-refractivity contribution in [2.24, 2.45) is 0 Å². The molecule has 0 radical (unpaired) electrons. The van der Waals surface area contributed by atoms with Crippen LogP contribution in [0.1, 0.15) is 23.2 Å². The molecule has 1 aromatic carbocycles. The van der Waals surface area contributed by atoms with E-state index >= 15 is 0 Å². The van der Waals surface area contributed by atoms with Crippen LogP contribution < -0.4 is 5.32 Å². The third-order valence-corrected chi connectivity index (χ3v) is 2.56. The SMILES string of the molecule is O=C(NCCCCBr)c1ccccc1O. The van der Waals surface area contributed by atoms with Gasteiger partial charge in [0.15, 0.2) is 0 Å². The number of aromatic hydroxyl groups is 1. The molecule has 0 spiro atoms. The second-order valence-corrected chi connectivity index (χ2v) is 3.96. The molecule has 82 valence electrons. The fraction of sp³-hybridized carbons (Fsp3) is 0.364. The van der Waals surface area contributed by atoms with Crippen LogP contribution in [-0.4, -0.2) is 22.9 Å². The number of rotatable bonds is 5. The number of phenolic OH excluding ortho intramolecular Hbond substituents is 1. The molecule has 0 unspecified atom stereocenters. The molecule has 1 aromatic rings. The summed E-state index contributed by atoms with van der Waals surface area (Å²) in [5.74, 6) is -0.196. The van der Waals surface area contributed by atoms with Crippen LogP contribution in [0.4, 0.5) is 0 Å². The number of benzene rings is 1. The van der Waals surface area contributed by atoms with E-state index in [1.54, 1.807) is 18.2 Å². The molecule has 0 fully saturated rings. The maximum Gasteiger partial charge on any atom is 0.255 e. The molecule has 15 heavy (non-hydrogen) atoms. The Kier molecular flexibility index (Phi) is 5.18. The highest BCUT2D eigenvalue weighted by atomic mass is 79.9. The number of alkyl halides is 1. The molecule has 1 rings (SSSR count). The Labute approximate surface area is 97.6 Å². The smallest absolute Gasteiger partial charge is 0.255 e. The first kappa shape index (κ1) is 12.0. The lowest BCUT2D eigenvalue weighted by Gasteiger charge is -2.05. The van der Waals surface area contributed by atoms with E-state index in [0.29, 0.717) is 12.1 Å². The van der Waals surface area contributed by atoms with Gasteiger partial charge in [0.1, 0.15) is 5.75 Å². The van der Waals surface area contributed by atoms with E-state index in [4.69, 9.17) is 0 Å². The van der Waals surface area contributed by atoms with E-state index in [2.05, 4.69) is 21.2 Å². The Balaban J connectivity index is 2.44. The normalized spacial score (nSPS) is 9.93. The van der Waals surface area contributed by atoms with Crippen LogP contribution in [-0.2, 0) is 0 Å². The first-order chi connectivity index (χ1) is 7.25. The predicted molar refractivity (Wildman–Crippen MR) is 63.5 cm³/mol. The van der Waals surface area contributed by atoms with E-state index in [1.807, 2.05) is 0 Å². The third-order valence-electron chi connectivity index (χ3n) is 1.99. The lowest BCUT2D eigenvalue weighted by Crippen LogP contribution is -2.24. The van der Waals surface area contributed by atoms with Gasteiger partial charge >= 0.3 is 0 Å². The highest BCUT2D eigenvalue weighted by molar-refractivity contribution is 9.09. The van der Waals surface area contributed by atoms with E-state index in [1.165, 1.54) is 6.07 Å². The minimum atomic E-state index is -0.220. The molecule has 0 saturated heterocycles. The molecule has 3 nitrogen and oxygen atoms in total. The number of halogens is 1. The number of nitrogens with one attached hydrogen (secondary N) is 1. The van der Waals surface area contributed by atoms with Gasteiger partial charge in [-0.15, -0.1) is 0 Å². The maximum absolute atomic E-state index is 11.5. The van der Waals surface area contributed by atoms with Gasteiger partial charge in [0.05, 0.1) is 5.56 Å². The molecular weight excluding hydrogens is 258 g/mol. The first-order valence-corrected chi connectivity index (χ1v) is 6.00. The fourth-order valence-corrected chi connectivity index (χ4v) is 1.58. The quantitative estimate of drug-likeness (QED) is 0.638. The molecule has 4 heteroatoms. The molecule has 0 heterocycles. The largest absolute Gasteiger partial charge is 0.507 e. The number of carbonyl (C=O) groups excluding carboxylic acids is 1. The molecule has 0 saturated carbocycles. The van der Waals surface area contributed by atoms with Crippen molar-refractivity contribution >= 4 is 21.8 Å². The van der Waals surface area contributed by atoms with Crippen molar-refractivity contribution in [3.05, 3.63) is 29.8 Å². The highest BCUT2D eigenvalue weighted by Gasteiger charge is 2.08. The van der Waals surface area contributed by atoms with Gasteiger partial charge in [-0.2, -0.15) is 0 Å². The second kappa shape index (κ2) is 6.45. The molecule has 0 aliphatic carbocycles. The summed E-state index contributed by atoms with van der Waals surface area (Å²) in [6, 6.07) is 6.53. The van der Waals surface area contributed by atoms with Gasteiger partial charge in [-0.3, -0.25) is 4.79 Å². The molecule has 2 N–H and O–H groups in total. The van der Waals surface area contributed by atoms with E-state index in [-0.39, 0.29) is 11.7 Å². The second-order valence-electron chi connectivity index (χ2n) is 3.17. The van der Waals surface area contributed by atoms with Crippen LogP contribution in [0.2, 0.25) is 0 Å². The minimum Gasteiger partial charge on any atom is -0.507 e. The maximum atomic E-state index is 11.5. The number of hydrogen-bond acceptors (Lipinski definition) is 2. The van der Waals surface area contributed by atoms with Crippen molar-refractivity contribution in [1.29, 1.82) is 0 Å². The van der Waals surface area contributed by atoms with E-state index in [0.717, 1.165) is 18.2 Å². The van der Waals surface area contributed by atoms with Crippen molar-refractivity contribution in [3.63, 3.8) is 0 Å². The van der Waals surface area contributed by atoms with Crippen molar-refractivity contribution in [2.75, 3.05) is 11.9 Å². The fourth-order valence-electron chi connectivity index (χ4n) is 1.18. The number of carbonyl (C=O) groups is 1. The van der Waals surface area contributed by atoms with Crippen LogP contribution in [0.5, 0.6) is 5.75 Å². The Hall–Kier alpha value is -1.03. The Morgan fingerprint density at radius 1 is 1.33 bits per heavy atom. The van der Waals surface area contributed by atoms with Crippen LogP contribution in [0.3, 0.4) is 0 Å². The van der Waals surface area contributed by atoms with Gasteiger partial charge in [-0.25, -0.2) is 0 Å². The van der Waals surface area contributed by atoms with E-state index in [9.17, 15) is 9.90 Å². The van der Waals surface area contributed by atoms with Crippen LogP contribution in [0.25, 0.3) is 0 Å². The summed E-state index contributed by atoms with van der Waals surface area (Å²) in [5, 5.41) is 13.1. The van der Waals surface area contributed by atoms with Gasteiger partial charge in [-0.1, -0.05) is 28.1 Å². The number of unbranched alkanes of at least 4 members (excludes halogenated alkanes) is 1. The van der Waals surface area contributed by atoms with Gasteiger partial charge < -0.3 is 10.4 Å². The molecular formula is C11H14BrNO2. The van der Waals surface area contributed by atoms with Crippen molar-refractivity contribution in [1.82, 2.24) is 5.32 Å². The molecule has 1 amide bonds. The molecule has 0 aromatic heterocycles. The predicted octanol–water partition coefficient (Wildman–Crippen LogP) is 2.30. The number of amides is 1. The standard InChI is InChI=1S/C11H14BrNO2/c12-7-3-4-8-13-11(15)9-5-1-2-6-10(9)14/h1-2,5-6,14H,3-4,7-8H2,(H,13,15). The third kappa shape index (κ3) is 3.91. The summed E-state index contributed by atoms with van der Waals surface area (Å²) in [6.07, 6.45) is 1.96. The van der Waals surface area contributed by atoms with Gasteiger partial charge in [0.2, 0.25) is 0 Å². The first-order valence-electron chi connectivity index (χ1n) is 4.88. The summed E-state index contributed by atoms with van der Waals surface area (Å²) in [6.45, 7) is 0.638. The molecule has 0 aliphatic rings. The zero-order valence-electron chi connectivity index (χ0n) is 8.37. The van der Waals surface area contributed by atoms with E-state index < -0.39 is 0 Å². The van der Waals surface area contributed by atoms with Crippen LogP contribution in [0, 0.1) is 0 Å². The summed E-state index contributed by atoms with van der Waals surface area (Å²) < 4.78 is 0. The Morgan fingerprint density at radius 3 is 2.73 bits per heavy atom. The highest BCUT2D eigenvalue weighted by Crippen LogP contribution is 2.14. The molecule has 0 atom stereocenters. The minimum absolute atomic E-state index is 0.0236. The lowest BCUT2D eigenvalue weighted by atomic mass is 10.2. The monoisotopic (exact) mass is 271 g/mol. The van der Waals surface area contributed by atoms with Crippen LogP contribution >= 0.6 is 15.9 Å². The van der Waals surface area contributed by atoms with Crippen molar-refractivity contribution in [2.45, 2.75) is 12.8 Å². The van der Waals surface area contributed by atoms with Gasteiger partial charge in [0, 0.05) is 11.9 Å². The Bertz CT molecular complexity index is 328. The summed E-state index contributed by atoms with van der Waals surface area (Å²) in [5.41, 5.74) is 0.330. The average Bonchev–Trinajstić information content (AvgIpc) is 2.25. The average molecular weight is 272 g/mol. The Morgan fingerprint density at radius 2 is 2.07 bits per heavy atom. The number of para-hydroxylation sites is 1. The van der Waals surface area contributed by atoms with Crippen molar-refractivity contribution in [3.8, 4) is 5.75 Å². The summed E-state index contributed by atoms with van der Waals surface area (Å²) in [4.78, 5) is 11.5. The topological polar surface area (TPSA) is 49.3 Å². The van der Waals surface area contributed by atoms with Crippen molar-refractivity contribution < 1.29 is 9.90 Å². The number of phenols is 1. The van der Waals surface area contributed by atoms with Gasteiger partial charge in [0.25, 0.3) is 5.91 Å². The summed E-state index contributed by atoms with van der Waals surface area (Å²) in [7, 11) is 0. The molecule has 0 bridgehead atoms. The van der Waals surface area contributed by atoms with Gasteiger partial charge in [-0.05, 0) is 25.0 Å².